The van der Waals surface area contributed by atoms with E-state index in [2.05, 4.69) is 60.2 Å². The zero-order valence-corrected chi connectivity index (χ0v) is 17.7. The Balaban J connectivity index is 1.60. The van der Waals surface area contributed by atoms with Gasteiger partial charge >= 0.3 is 0 Å². The quantitative estimate of drug-likeness (QED) is 0.684. The number of amides is 1. The SMILES string of the molecule is Cc1ccc2c(c1)[C@@H](NC(=O)CSCc1ccc(Br)cc1)CC(C)(C)O2. The van der Waals surface area contributed by atoms with E-state index >= 15 is 0 Å². The van der Waals surface area contributed by atoms with Crippen molar-refractivity contribution in [2.24, 2.45) is 0 Å². The molecule has 1 N–H and O–H groups in total. The number of thioether (sulfide) groups is 1. The Hall–Kier alpha value is -1.46. The highest BCUT2D eigenvalue weighted by Gasteiger charge is 2.34. The van der Waals surface area contributed by atoms with Crippen molar-refractivity contribution < 1.29 is 9.53 Å². The summed E-state index contributed by atoms with van der Waals surface area (Å²) >= 11 is 5.07. The number of hydrogen-bond acceptors (Lipinski definition) is 3. The van der Waals surface area contributed by atoms with Crippen LogP contribution in [0, 0.1) is 6.92 Å². The lowest BCUT2D eigenvalue weighted by Crippen LogP contribution is -2.41. The van der Waals surface area contributed by atoms with Crippen molar-refractivity contribution in [2.75, 3.05) is 5.75 Å². The number of ether oxygens (including phenoxy) is 1. The van der Waals surface area contributed by atoms with Crippen LogP contribution in [-0.4, -0.2) is 17.3 Å². The highest BCUT2D eigenvalue weighted by atomic mass is 79.9. The first-order chi connectivity index (χ1) is 12.3. The van der Waals surface area contributed by atoms with Gasteiger partial charge in [-0.25, -0.2) is 0 Å². The second-order valence-corrected chi connectivity index (χ2v) is 9.25. The largest absolute Gasteiger partial charge is 0.487 e. The third-order valence-electron chi connectivity index (χ3n) is 4.37. The Morgan fingerprint density at radius 3 is 2.73 bits per heavy atom. The van der Waals surface area contributed by atoms with Gasteiger partial charge in [-0.05, 0) is 44.5 Å². The van der Waals surface area contributed by atoms with Gasteiger partial charge in [-0.15, -0.1) is 11.8 Å². The Kier molecular flexibility index (Phi) is 5.98. The predicted octanol–water partition coefficient (Wildman–Crippen LogP) is 5.41. The predicted molar refractivity (Wildman–Crippen MR) is 112 cm³/mol. The van der Waals surface area contributed by atoms with Gasteiger partial charge in [-0.3, -0.25) is 4.79 Å². The maximum absolute atomic E-state index is 12.5. The van der Waals surface area contributed by atoms with E-state index in [1.54, 1.807) is 11.8 Å². The van der Waals surface area contributed by atoms with Crippen molar-refractivity contribution in [2.45, 2.75) is 44.6 Å². The molecule has 1 atom stereocenters. The molecule has 0 spiro atoms. The molecule has 0 bridgehead atoms. The molecule has 5 heteroatoms. The Bertz CT molecular complexity index is 789. The average molecular weight is 434 g/mol. The molecule has 2 aromatic rings. The number of carbonyl (C=O) groups excluding carboxylic acids is 1. The van der Waals surface area contributed by atoms with Crippen LogP contribution in [0.4, 0.5) is 0 Å². The van der Waals surface area contributed by atoms with E-state index in [1.165, 1.54) is 11.1 Å². The number of fused-ring (bicyclic) bond motifs is 1. The summed E-state index contributed by atoms with van der Waals surface area (Å²) in [7, 11) is 0. The van der Waals surface area contributed by atoms with Gasteiger partial charge in [0.2, 0.25) is 5.91 Å². The number of halogens is 1. The minimum atomic E-state index is -0.287. The van der Waals surface area contributed by atoms with Crippen molar-refractivity contribution in [1.82, 2.24) is 5.32 Å². The second kappa shape index (κ2) is 8.05. The number of nitrogens with one attached hydrogen (secondary N) is 1. The molecule has 0 radical (unpaired) electrons. The summed E-state index contributed by atoms with van der Waals surface area (Å²) in [5, 5.41) is 3.21. The molecule has 1 aliphatic heterocycles. The summed E-state index contributed by atoms with van der Waals surface area (Å²) in [5.41, 5.74) is 3.19. The van der Waals surface area contributed by atoms with E-state index < -0.39 is 0 Å². The fourth-order valence-electron chi connectivity index (χ4n) is 3.18. The molecule has 3 nitrogen and oxygen atoms in total. The molecule has 3 rings (SSSR count). The maximum atomic E-state index is 12.5. The van der Waals surface area contributed by atoms with Crippen LogP contribution in [0.2, 0.25) is 0 Å². The lowest BCUT2D eigenvalue weighted by Gasteiger charge is -2.38. The molecule has 2 aromatic carbocycles. The van der Waals surface area contributed by atoms with Gasteiger partial charge in [0.15, 0.2) is 0 Å². The van der Waals surface area contributed by atoms with E-state index in [9.17, 15) is 4.79 Å². The zero-order valence-electron chi connectivity index (χ0n) is 15.3. The van der Waals surface area contributed by atoms with Gasteiger partial charge in [0.05, 0.1) is 11.8 Å². The molecule has 0 fully saturated rings. The van der Waals surface area contributed by atoms with Gasteiger partial charge in [0, 0.05) is 22.2 Å². The highest BCUT2D eigenvalue weighted by molar-refractivity contribution is 9.10. The standard InChI is InChI=1S/C21H24BrNO2S/c1-14-4-9-19-17(10-14)18(11-21(2,3)25-19)23-20(24)13-26-12-15-5-7-16(22)8-6-15/h4-10,18H,11-13H2,1-3H3,(H,23,24)/t18-/m0/s1. The smallest absolute Gasteiger partial charge is 0.230 e. The van der Waals surface area contributed by atoms with Crippen molar-refractivity contribution in [3.05, 3.63) is 63.6 Å². The molecule has 26 heavy (non-hydrogen) atoms. The van der Waals surface area contributed by atoms with Crippen molar-refractivity contribution in [3.8, 4) is 5.75 Å². The second-order valence-electron chi connectivity index (χ2n) is 7.35. The number of aryl methyl sites for hydroxylation is 1. The molecule has 0 unspecified atom stereocenters. The molecule has 1 aliphatic rings. The summed E-state index contributed by atoms with van der Waals surface area (Å²) in [6.45, 7) is 6.20. The van der Waals surface area contributed by atoms with E-state index in [0.717, 1.165) is 28.0 Å². The maximum Gasteiger partial charge on any atom is 0.230 e. The molecule has 0 aliphatic carbocycles. The minimum absolute atomic E-state index is 0.00516. The van der Waals surface area contributed by atoms with Crippen LogP contribution in [0.1, 0.15) is 43.0 Å². The number of benzene rings is 2. The molecule has 0 saturated heterocycles. The third kappa shape index (κ3) is 5.04. The average Bonchev–Trinajstić information content (AvgIpc) is 2.57. The first-order valence-corrected chi connectivity index (χ1v) is 10.7. The summed E-state index contributed by atoms with van der Waals surface area (Å²) in [6.07, 6.45) is 0.770. The monoisotopic (exact) mass is 433 g/mol. The van der Waals surface area contributed by atoms with Crippen molar-refractivity contribution in [3.63, 3.8) is 0 Å². The van der Waals surface area contributed by atoms with Gasteiger partial charge in [0.1, 0.15) is 11.4 Å². The number of rotatable bonds is 5. The minimum Gasteiger partial charge on any atom is -0.487 e. The molecule has 0 saturated carbocycles. The number of hydrogen-bond donors (Lipinski definition) is 1. The van der Waals surface area contributed by atoms with Crippen LogP contribution < -0.4 is 10.1 Å². The van der Waals surface area contributed by atoms with Crippen LogP contribution in [0.3, 0.4) is 0 Å². The molecular weight excluding hydrogens is 410 g/mol. The first-order valence-electron chi connectivity index (χ1n) is 8.73. The summed E-state index contributed by atoms with van der Waals surface area (Å²) in [6, 6.07) is 14.4. The first kappa shape index (κ1) is 19.3. The third-order valence-corrected chi connectivity index (χ3v) is 5.91. The lowest BCUT2D eigenvalue weighted by atomic mass is 9.89. The Morgan fingerprint density at radius 1 is 1.27 bits per heavy atom. The normalized spacial score (nSPS) is 17.9. The van der Waals surface area contributed by atoms with Crippen LogP contribution in [0.15, 0.2) is 46.9 Å². The van der Waals surface area contributed by atoms with E-state index in [1.807, 2.05) is 24.3 Å². The van der Waals surface area contributed by atoms with E-state index in [0.29, 0.717) is 5.75 Å². The molecular formula is C21H24BrNO2S. The molecule has 1 amide bonds. The van der Waals surface area contributed by atoms with Crippen LogP contribution in [0.25, 0.3) is 0 Å². The summed E-state index contributed by atoms with van der Waals surface area (Å²) in [5.74, 6) is 2.23. The Morgan fingerprint density at radius 2 is 2.00 bits per heavy atom. The summed E-state index contributed by atoms with van der Waals surface area (Å²) < 4.78 is 7.14. The van der Waals surface area contributed by atoms with E-state index in [4.69, 9.17) is 4.74 Å². The van der Waals surface area contributed by atoms with E-state index in [-0.39, 0.29) is 17.6 Å². The van der Waals surface area contributed by atoms with Crippen LogP contribution >= 0.6 is 27.7 Å². The molecule has 138 valence electrons. The van der Waals surface area contributed by atoms with Crippen LogP contribution in [0.5, 0.6) is 5.75 Å². The number of carbonyl (C=O) groups is 1. The van der Waals surface area contributed by atoms with Gasteiger partial charge in [0.25, 0.3) is 0 Å². The molecule has 0 aromatic heterocycles. The lowest BCUT2D eigenvalue weighted by molar-refractivity contribution is -0.119. The zero-order chi connectivity index (χ0) is 18.7. The Labute approximate surface area is 168 Å². The highest BCUT2D eigenvalue weighted by Crippen LogP contribution is 2.39. The van der Waals surface area contributed by atoms with Crippen molar-refractivity contribution >= 4 is 33.6 Å². The fourth-order valence-corrected chi connectivity index (χ4v) is 4.24. The van der Waals surface area contributed by atoms with Crippen LogP contribution in [-0.2, 0) is 10.5 Å². The van der Waals surface area contributed by atoms with Gasteiger partial charge in [-0.1, -0.05) is 45.8 Å². The fraction of sp³-hybridized carbons (Fsp3) is 0.381. The topological polar surface area (TPSA) is 38.3 Å². The van der Waals surface area contributed by atoms with Gasteiger partial charge in [-0.2, -0.15) is 0 Å². The summed E-state index contributed by atoms with van der Waals surface area (Å²) in [4.78, 5) is 12.5. The van der Waals surface area contributed by atoms with Gasteiger partial charge < -0.3 is 10.1 Å². The molecule has 1 heterocycles. The van der Waals surface area contributed by atoms with Crippen molar-refractivity contribution in [1.29, 1.82) is 0 Å².